The summed E-state index contributed by atoms with van der Waals surface area (Å²) in [6, 6.07) is 5.27. The maximum atomic E-state index is 12.8. The van der Waals surface area contributed by atoms with Crippen LogP contribution < -0.4 is 5.32 Å². The molecule has 3 rings (SSSR count). The molecule has 23 heavy (non-hydrogen) atoms. The molecule has 120 valence electrons. The normalized spacial score (nSPS) is 11.8. The number of furan rings is 1. The Labute approximate surface area is 133 Å². The van der Waals surface area contributed by atoms with Gasteiger partial charge in [0.25, 0.3) is 11.6 Å². The number of hydrogen-bond donors (Lipinski definition) is 1. The Morgan fingerprint density at radius 1 is 1.39 bits per heavy atom. The standard InChI is InChI=1S/C17H19N3O3/c1-5-17(3,4)19-15(21)11-9-12(13-7-6-8-22-13)18-16-14(11)10(2)20-23-16/h6-9H,5H2,1-4H3,(H,19,21). The van der Waals surface area contributed by atoms with E-state index in [0.29, 0.717) is 33.8 Å². The van der Waals surface area contributed by atoms with E-state index in [0.717, 1.165) is 6.42 Å². The highest BCUT2D eigenvalue weighted by Crippen LogP contribution is 2.27. The van der Waals surface area contributed by atoms with Gasteiger partial charge < -0.3 is 14.3 Å². The van der Waals surface area contributed by atoms with Crippen LogP contribution in [0.1, 0.15) is 43.2 Å². The number of nitrogens with one attached hydrogen (secondary N) is 1. The van der Waals surface area contributed by atoms with Gasteiger partial charge in [0.1, 0.15) is 5.69 Å². The van der Waals surface area contributed by atoms with E-state index >= 15 is 0 Å². The molecule has 0 saturated heterocycles. The second kappa shape index (κ2) is 5.53. The fourth-order valence-corrected chi connectivity index (χ4v) is 2.29. The lowest BCUT2D eigenvalue weighted by Crippen LogP contribution is -2.42. The van der Waals surface area contributed by atoms with Crippen LogP contribution in [0.15, 0.2) is 33.4 Å². The molecule has 0 saturated carbocycles. The summed E-state index contributed by atoms with van der Waals surface area (Å²) in [6.45, 7) is 7.79. The minimum atomic E-state index is -0.303. The van der Waals surface area contributed by atoms with Crippen LogP contribution in [0.3, 0.4) is 0 Å². The van der Waals surface area contributed by atoms with Crippen molar-refractivity contribution in [2.75, 3.05) is 0 Å². The predicted molar refractivity (Wildman–Crippen MR) is 86.1 cm³/mol. The zero-order valence-electron chi connectivity index (χ0n) is 13.6. The third kappa shape index (κ3) is 2.84. The number of carbonyl (C=O) groups excluding carboxylic acids is 1. The zero-order chi connectivity index (χ0) is 16.6. The molecule has 1 N–H and O–H groups in total. The van der Waals surface area contributed by atoms with E-state index in [4.69, 9.17) is 8.94 Å². The number of nitrogens with zero attached hydrogens (tertiary/aromatic N) is 2. The average Bonchev–Trinajstić information content (AvgIpc) is 3.16. The lowest BCUT2D eigenvalue weighted by atomic mass is 10.0. The third-order valence-corrected chi connectivity index (χ3v) is 3.97. The number of amides is 1. The molecular weight excluding hydrogens is 294 g/mol. The van der Waals surface area contributed by atoms with Crippen LogP contribution >= 0.6 is 0 Å². The Hall–Kier alpha value is -2.63. The van der Waals surface area contributed by atoms with Gasteiger partial charge in [-0.3, -0.25) is 4.79 Å². The van der Waals surface area contributed by atoms with Crippen molar-refractivity contribution < 1.29 is 13.7 Å². The fraction of sp³-hybridized carbons (Fsp3) is 0.353. The number of carbonyl (C=O) groups is 1. The van der Waals surface area contributed by atoms with E-state index in [-0.39, 0.29) is 11.4 Å². The first-order chi connectivity index (χ1) is 10.9. The Balaban J connectivity index is 2.14. The second-order valence-corrected chi connectivity index (χ2v) is 6.17. The van der Waals surface area contributed by atoms with E-state index in [1.807, 2.05) is 20.8 Å². The summed E-state index contributed by atoms with van der Waals surface area (Å²) >= 11 is 0. The van der Waals surface area contributed by atoms with Crippen LogP contribution in [0.2, 0.25) is 0 Å². The maximum absolute atomic E-state index is 12.8. The number of rotatable bonds is 4. The van der Waals surface area contributed by atoms with Crippen LogP contribution in [0.4, 0.5) is 0 Å². The number of pyridine rings is 1. The van der Waals surface area contributed by atoms with Crippen LogP contribution in [-0.2, 0) is 0 Å². The van der Waals surface area contributed by atoms with Crippen LogP contribution in [0.5, 0.6) is 0 Å². The smallest absolute Gasteiger partial charge is 0.259 e. The molecule has 0 aliphatic heterocycles. The molecule has 0 radical (unpaired) electrons. The minimum absolute atomic E-state index is 0.177. The highest BCUT2D eigenvalue weighted by atomic mass is 16.5. The van der Waals surface area contributed by atoms with Gasteiger partial charge in [-0.25, -0.2) is 4.98 Å². The first-order valence-corrected chi connectivity index (χ1v) is 7.54. The molecule has 0 aliphatic rings. The highest BCUT2D eigenvalue weighted by Gasteiger charge is 2.24. The fourth-order valence-electron chi connectivity index (χ4n) is 2.29. The number of aryl methyl sites for hydroxylation is 1. The van der Waals surface area contributed by atoms with Crippen molar-refractivity contribution in [1.29, 1.82) is 0 Å². The summed E-state index contributed by atoms with van der Waals surface area (Å²) in [5.74, 6) is 0.396. The van der Waals surface area contributed by atoms with Crippen molar-refractivity contribution in [2.24, 2.45) is 0 Å². The molecule has 6 nitrogen and oxygen atoms in total. The van der Waals surface area contributed by atoms with Crippen molar-refractivity contribution in [3.63, 3.8) is 0 Å². The van der Waals surface area contributed by atoms with Crippen molar-refractivity contribution in [1.82, 2.24) is 15.5 Å². The van der Waals surface area contributed by atoms with Gasteiger partial charge in [0.2, 0.25) is 0 Å². The van der Waals surface area contributed by atoms with Gasteiger partial charge in [-0.2, -0.15) is 0 Å². The van der Waals surface area contributed by atoms with Crippen molar-refractivity contribution >= 4 is 17.0 Å². The molecule has 1 amide bonds. The Bertz CT molecular complexity index is 847. The molecule has 0 unspecified atom stereocenters. The van der Waals surface area contributed by atoms with E-state index in [9.17, 15) is 4.79 Å². The number of aromatic nitrogens is 2. The van der Waals surface area contributed by atoms with Crippen molar-refractivity contribution in [3.05, 3.63) is 35.7 Å². The quantitative estimate of drug-likeness (QED) is 0.794. The SMILES string of the molecule is CCC(C)(C)NC(=O)c1cc(-c2ccco2)nc2onc(C)c12. The van der Waals surface area contributed by atoms with E-state index < -0.39 is 0 Å². The molecule has 0 aromatic carbocycles. The summed E-state index contributed by atoms with van der Waals surface area (Å²) in [5.41, 5.74) is 1.69. The van der Waals surface area contributed by atoms with Crippen LogP contribution in [0, 0.1) is 6.92 Å². The van der Waals surface area contributed by atoms with E-state index in [2.05, 4.69) is 15.5 Å². The molecule has 3 aromatic heterocycles. The molecule has 3 aromatic rings. The molecule has 0 spiro atoms. The molecule has 6 heteroatoms. The van der Waals surface area contributed by atoms with E-state index in [1.54, 1.807) is 31.4 Å². The average molecular weight is 313 g/mol. The second-order valence-electron chi connectivity index (χ2n) is 6.17. The molecule has 0 aliphatic carbocycles. The highest BCUT2D eigenvalue weighted by molar-refractivity contribution is 6.07. The van der Waals surface area contributed by atoms with Gasteiger partial charge in [-0.1, -0.05) is 12.1 Å². The van der Waals surface area contributed by atoms with Crippen molar-refractivity contribution in [2.45, 2.75) is 39.7 Å². The van der Waals surface area contributed by atoms with Gasteiger partial charge in [-0.05, 0) is 45.4 Å². The zero-order valence-corrected chi connectivity index (χ0v) is 13.6. The topological polar surface area (TPSA) is 81.2 Å². The molecule has 0 fully saturated rings. The minimum Gasteiger partial charge on any atom is -0.463 e. The first kappa shape index (κ1) is 15.3. The number of hydrogen-bond acceptors (Lipinski definition) is 5. The third-order valence-electron chi connectivity index (χ3n) is 3.97. The largest absolute Gasteiger partial charge is 0.463 e. The summed E-state index contributed by atoms with van der Waals surface area (Å²) in [7, 11) is 0. The predicted octanol–water partition coefficient (Wildman–Crippen LogP) is 3.71. The van der Waals surface area contributed by atoms with Crippen LogP contribution in [-0.4, -0.2) is 21.6 Å². The number of fused-ring (bicyclic) bond motifs is 1. The lowest BCUT2D eigenvalue weighted by Gasteiger charge is -2.24. The summed E-state index contributed by atoms with van der Waals surface area (Å²) < 4.78 is 10.6. The van der Waals surface area contributed by atoms with Gasteiger partial charge in [0.05, 0.1) is 22.9 Å². The maximum Gasteiger partial charge on any atom is 0.259 e. The molecule has 0 atom stereocenters. The first-order valence-electron chi connectivity index (χ1n) is 7.54. The van der Waals surface area contributed by atoms with Gasteiger partial charge in [-0.15, -0.1) is 0 Å². The van der Waals surface area contributed by atoms with Crippen LogP contribution in [0.25, 0.3) is 22.6 Å². The Morgan fingerprint density at radius 3 is 2.83 bits per heavy atom. The molecular formula is C17H19N3O3. The monoisotopic (exact) mass is 313 g/mol. The summed E-state index contributed by atoms with van der Waals surface area (Å²) in [6.07, 6.45) is 2.38. The molecule has 0 bridgehead atoms. The van der Waals surface area contributed by atoms with E-state index in [1.165, 1.54) is 0 Å². The van der Waals surface area contributed by atoms with Gasteiger partial charge in [0.15, 0.2) is 5.76 Å². The van der Waals surface area contributed by atoms with Crippen molar-refractivity contribution in [3.8, 4) is 11.5 Å². The van der Waals surface area contributed by atoms with Gasteiger partial charge in [0, 0.05) is 5.54 Å². The molecule has 3 heterocycles. The Morgan fingerprint density at radius 2 is 2.17 bits per heavy atom. The Kier molecular flexibility index (Phi) is 3.67. The summed E-state index contributed by atoms with van der Waals surface area (Å²) in [5, 5.41) is 7.60. The lowest BCUT2D eigenvalue weighted by molar-refractivity contribution is 0.0913. The summed E-state index contributed by atoms with van der Waals surface area (Å²) in [4.78, 5) is 17.2. The van der Waals surface area contributed by atoms with Gasteiger partial charge >= 0.3 is 0 Å².